The van der Waals surface area contributed by atoms with Crippen molar-refractivity contribution in [2.75, 3.05) is 0 Å². The number of rotatable bonds is 2. The van der Waals surface area contributed by atoms with Gasteiger partial charge in [-0.1, -0.05) is 41.8 Å². The Morgan fingerprint density at radius 1 is 0.865 bits per heavy atom. The van der Waals surface area contributed by atoms with Crippen molar-refractivity contribution in [1.29, 1.82) is 0 Å². The Kier molecular flexibility index (Phi) is 5.44. The number of benzene rings is 4. The van der Waals surface area contributed by atoms with Gasteiger partial charge in [-0.05, 0) is 41.1 Å². The van der Waals surface area contributed by atoms with Gasteiger partial charge in [0.1, 0.15) is 11.6 Å². The molecule has 0 atom stereocenters. The lowest BCUT2D eigenvalue weighted by molar-refractivity contribution is -0.376. The molecule has 3 nitrogen and oxygen atoms in total. The van der Waals surface area contributed by atoms with E-state index in [-0.39, 0.29) is 38.1 Å². The van der Waals surface area contributed by atoms with Crippen molar-refractivity contribution >= 4 is 44.2 Å². The van der Waals surface area contributed by atoms with Crippen molar-refractivity contribution in [2.45, 2.75) is 18.0 Å². The third-order valence-electron chi connectivity index (χ3n) is 6.16. The van der Waals surface area contributed by atoms with Gasteiger partial charge in [-0.15, -0.1) is 6.42 Å². The van der Waals surface area contributed by atoms with Crippen LogP contribution in [0.1, 0.15) is 11.1 Å². The Morgan fingerprint density at radius 2 is 1.51 bits per heavy atom. The largest absolute Gasteiger partial charge is 0.430 e. The number of fused-ring (bicyclic) bond motifs is 6. The van der Waals surface area contributed by atoms with E-state index in [1.54, 1.807) is 0 Å². The van der Waals surface area contributed by atoms with Gasteiger partial charge in [-0.2, -0.15) is 26.3 Å². The number of alkyl halides is 6. The van der Waals surface area contributed by atoms with Gasteiger partial charge < -0.3 is 10.1 Å². The molecule has 0 saturated carbocycles. The minimum atomic E-state index is -6.07. The van der Waals surface area contributed by atoms with E-state index in [1.165, 1.54) is 30.3 Å². The average molecular weight is 537 g/mol. The summed E-state index contributed by atoms with van der Waals surface area (Å²) in [5, 5.41) is 10.6. The average Bonchev–Trinajstić information content (AvgIpc) is 3.26. The van der Waals surface area contributed by atoms with Crippen molar-refractivity contribution in [1.82, 2.24) is 9.97 Å². The maximum absolute atomic E-state index is 14.6. The standard InChI is InChI=1S/C26H12ClF7N2O/c1-2-12-6-8-14-16(10-12)17-11-13(24(37,25(29,30)31)26(32,33)34)7-9-15(17)22-21(14)35-23(36-22)20-18(27)4-3-5-19(20)28/h1,3-11,37H,(H,35,36). The lowest BCUT2D eigenvalue weighted by Gasteiger charge is -2.32. The molecule has 1 heterocycles. The van der Waals surface area contributed by atoms with Crippen LogP contribution in [0.3, 0.4) is 0 Å². The van der Waals surface area contributed by atoms with Crippen LogP contribution in [-0.4, -0.2) is 27.4 Å². The van der Waals surface area contributed by atoms with E-state index in [2.05, 4.69) is 15.9 Å². The molecule has 4 aromatic carbocycles. The van der Waals surface area contributed by atoms with Crippen LogP contribution < -0.4 is 0 Å². The summed E-state index contributed by atoms with van der Waals surface area (Å²) in [6.07, 6.45) is -6.67. The summed E-state index contributed by atoms with van der Waals surface area (Å²) in [4.78, 5) is 7.35. The summed E-state index contributed by atoms with van der Waals surface area (Å²) in [6.45, 7) is 0. The van der Waals surface area contributed by atoms with Gasteiger partial charge in [0.25, 0.3) is 5.60 Å². The molecule has 2 N–H and O–H groups in total. The Labute approximate surface area is 208 Å². The number of aromatic nitrogens is 2. The zero-order valence-electron chi connectivity index (χ0n) is 18.2. The number of hydrogen-bond donors (Lipinski definition) is 2. The maximum Gasteiger partial charge on any atom is 0.430 e. The number of imidazole rings is 1. The molecule has 0 radical (unpaired) electrons. The van der Waals surface area contributed by atoms with Gasteiger partial charge in [-0.3, -0.25) is 0 Å². The molecular weight excluding hydrogens is 525 g/mol. The zero-order valence-corrected chi connectivity index (χ0v) is 18.9. The van der Waals surface area contributed by atoms with Crippen molar-refractivity contribution in [3.05, 3.63) is 76.6 Å². The van der Waals surface area contributed by atoms with Gasteiger partial charge in [0.2, 0.25) is 0 Å². The predicted molar refractivity (Wildman–Crippen MR) is 125 cm³/mol. The number of hydrogen-bond acceptors (Lipinski definition) is 2. The summed E-state index contributed by atoms with van der Waals surface area (Å²) < 4.78 is 96.1. The van der Waals surface area contributed by atoms with E-state index in [0.717, 1.165) is 12.1 Å². The molecule has 0 aliphatic carbocycles. The van der Waals surface area contributed by atoms with Crippen molar-refractivity contribution in [3.8, 4) is 23.7 Å². The van der Waals surface area contributed by atoms with E-state index < -0.39 is 29.3 Å². The highest BCUT2D eigenvalue weighted by molar-refractivity contribution is 6.33. The smallest absolute Gasteiger partial charge is 0.369 e. The third-order valence-corrected chi connectivity index (χ3v) is 6.48. The van der Waals surface area contributed by atoms with E-state index in [9.17, 15) is 35.8 Å². The van der Waals surface area contributed by atoms with Gasteiger partial charge in [-0.25, -0.2) is 9.37 Å². The first kappa shape index (κ1) is 24.9. The first-order valence-corrected chi connectivity index (χ1v) is 10.8. The Bertz CT molecular complexity index is 1730. The number of H-pyrrole nitrogens is 1. The Balaban J connectivity index is 1.92. The first-order valence-electron chi connectivity index (χ1n) is 10.4. The summed E-state index contributed by atoms with van der Waals surface area (Å²) in [7, 11) is 0. The topological polar surface area (TPSA) is 48.9 Å². The fraction of sp³-hybridized carbons (Fsp3) is 0.115. The number of terminal acetylenes is 1. The van der Waals surface area contributed by atoms with Crippen LogP contribution in [0, 0.1) is 18.2 Å². The second kappa shape index (κ2) is 8.10. The summed E-state index contributed by atoms with van der Waals surface area (Å²) in [5.41, 5.74) is -5.86. The predicted octanol–water partition coefficient (Wildman–Crippen LogP) is 7.62. The van der Waals surface area contributed by atoms with E-state index in [4.69, 9.17) is 18.0 Å². The molecule has 0 aliphatic heterocycles. The SMILES string of the molecule is C#Cc1ccc2c(c1)c1cc(C(O)(C(F)(F)F)C(F)(F)F)ccc1c1nc(-c3c(F)cccc3Cl)[nH]c21. The molecule has 37 heavy (non-hydrogen) atoms. The minimum Gasteiger partial charge on any atom is -0.369 e. The quantitative estimate of drug-likeness (QED) is 0.138. The van der Waals surface area contributed by atoms with E-state index in [0.29, 0.717) is 28.6 Å². The molecule has 0 amide bonds. The Hall–Kier alpha value is -3.81. The number of nitrogens with one attached hydrogen (secondary N) is 1. The fourth-order valence-corrected chi connectivity index (χ4v) is 4.62. The van der Waals surface area contributed by atoms with Crippen LogP contribution in [0.5, 0.6) is 0 Å². The number of aromatic amines is 1. The van der Waals surface area contributed by atoms with Gasteiger partial charge in [0.15, 0.2) is 0 Å². The fourth-order valence-electron chi connectivity index (χ4n) is 4.37. The normalized spacial score (nSPS) is 13.0. The van der Waals surface area contributed by atoms with Crippen LogP contribution in [0.2, 0.25) is 5.02 Å². The maximum atomic E-state index is 14.6. The summed E-state index contributed by atoms with van der Waals surface area (Å²) >= 11 is 6.16. The third kappa shape index (κ3) is 3.61. The zero-order chi connectivity index (χ0) is 26.9. The van der Waals surface area contributed by atoms with Crippen LogP contribution in [0.4, 0.5) is 30.7 Å². The first-order chi connectivity index (χ1) is 17.3. The molecule has 0 bridgehead atoms. The minimum absolute atomic E-state index is 0.000842. The summed E-state index contributed by atoms with van der Waals surface area (Å²) in [6, 6.07) is 10.6. The van der Waals surface area contributed by atoms with E-state index in [1.807, 2.05) is 0 Å². The van der Waals surface area contributed by atoms with Crippen molar-refractivity contribution in [3.63, 3.8) is 0 Å². The molecule has 0 saturated heterocycles. The van der Waals surface area contributed by atoms with Crippen molar-refractivity contribution < 1.29 is 35.8 Å². The van der Waals surface area contributed by atoms with Crippen LogP contribution >= 0.6 is 11.6 Å². The molecule has 5 aromatic rings. The van der Waals surface area contributed by atoms with Gasteiger partial charge in [0.05, 0.1) is 21.6 Å². The highest BCUT2D eigenvalue weighted by Gasteiger charge is 2.71. The number of nitrogens with zero attached hydrogens (tertiary/aromatic N) is 1. The van der Waals surface area contributed by atoms with Crippen LogP contribution in [0.25, 0.3) is 44.0 Å². The molecule has 11 heteroatoms. The Morgan fingerprint density at radius 3 is 2.14 bits per heavy atom. The molecule has 188 valence electrons. The second-order valence-electron chi connectivity index (χ2n) is 8.28. The van der Waals surface area contributed by atoms with Gasteiger partial charge in [0, 0.05) is 21.9 Å². The monoisotopic (exact) mass is 536 g/mol. The lowest BCUT2D eigenvalue weighted by atomic mass is 9.88. The molecule has 0 fully saturated rings. The van der Waals surface area contributed by atoms with Crippen molar-refractivity contribution in [2.24, 2.45) is 0 Å². The lowest BCUT2D eigenvalue weighted by Crippen LogP contribution is -2.53. The van der Waals surface area contributed by atoms with Crippen LogP contribution in [0.15, 0.2) is 54.6 Å². The molecular formula is C26H12ClF7N2O. The molecule has 0 spiro atoms. The number of aliphatic hydroxyl groups is 1. The molecule has 0 aliphatic rings. The van der Waals surface area contributed by atoms with Gasteiger partial charge >= 0.3 is 12.4 Å². The van der Waals surface area contributed by atoms with Crippen LogP contribution in [-0.2, 0) is 5.60 Å². The molecule has 1 aromatic heterocycles. The number of halogens is 8. The van der Waals surface area contributed by atoms with E-state index >= 15 is 0 Å². The molecule has 0 unspecified atom stereocenters. The highest BCUT2D eigenvalue weighted by Crippen LogP contribution is 2.51. The second-order valence-corrected chi connectivity index (χ2v) is 8.68. The molecule has 5 rings (SSSR count). The highest BCUT2D eigenvalue weighted by atomic mass is 35.5. The summed E-state index contributed by atoms with van der Waals surface area (Å²) in [5.74, 6) is 1.67.